The molecular formula is C4H6O3P+. The van der Waals surface area contributed by atoms with Crippen LogP contribution >= 0.6 is 8.25 Å². The molecule has 0 atom stereocenters. The lowest BCUT2D eigenvalue weighted by molar-refractivity contribution is 0.357. The Morgan fingerprint density at radius 1 is 1.50 bits per heavy atom. The molecule has 0 aromatic rings. The van der Waals surface area contributed by atoms with Gasteiger partial charge in [-0.3, -0.25) is 0 Å². The van der Waals surface area contributed by atoms with Crippen LogP contribution in [0.4, 0.5) is 0 Å². The minimum atomic E-state index is -2.26. The average Bonchev–Trinajstić information content (AvgIpc) is 1.97. The summed E-state index contributed by atoms with van der Waals surface area (Å²) < 4.78 is 31.8. The van der Waals surface area contributed by atoms with Gasteiger partial charge in [0.1, 0.15) is 12.5 Å². The summed E-state index contributed by atoms with van der Waals surface area (Å²) in [5.41, 5.74) is 0. The predicted molar refractivity (Wildman–Crippen MR) is 30.2 cm³/mol. The van der Waals surface area contributed by atoms with E-state index in [9.17, 15) is 4.57 Å². The van der Waals surface area contributed by atoms with E-state index in [0.29, 0.717) is 0 Å². The molecule has 0 saturated heterocycles. The molecule has 0 rings (SSSR count). The van der Waals surface area contributed by atoms with Crippen LogP contribution in [0.3, 0.4) is 0 Å². The van der Waals surface area contributed by atoms with Gasteiger partial charge in [-0.1, -0.05) is 13.1 Å². The van der Waals surface area contributed by atoms with E-state index >= 15 is 0 Å². The Kier molecular flexibility index (Phi) is 2.22. The fourth-order valence-corrected chi connectivity index (χ4v) is 0.373. The second kappa shape index (κ2) is 4.34. The van der Waals surface area contributed by atoms with Gasteiger partial charge in [0.05, 0.1) is 2.74 Å². The standard InChI is InChI=1S/C4H6O3P/c1-3-6-8(5)7-4-2/h3-4H,1-2H2/q+1/i1D,2D. The Balaban J connectivity index is 3.44. The van der Waals surface area contributed by atoms with Crippen LogP contribution in [0.5, 0.6) is 0 Å². The molecule has 0 heterocycles. The van der Waals surface area contributed by atoms with Gasteiger partial charge in [0.2, 0.25) is 0 Å². The predicted octanol–water partition coefficient (Wildman–Crippen LogP) is 1.96. The van der Waals surface area contributed by atoms with E-state index < -0.39 is 8.25 Å². The van der Waals surface area contributed by atoms with Crippen LogP contribution in [0.1, 0.15) is 2.74 Å². The summed E-state index contributed by atoms with van der Waals surface area (Å²) in [5, 5.41) is 0. The summed E-state index contributed by atoms with van der Waals surface area (Å²) in [6.45, 7) is 1.67. The quantitative estimate of drug-likeness (QED) is 0.436. The van der Waals surface area contributed by atoms with E-state index in [-0.39, 0.29) is 0 Å². The first-order valence-electron chi connectivity index (χ1n) is 2.84. The van der Waals surface area contributed by atoms with E-state index in [1.54, 1.807) is 0 Å². The van der Waals surface area contributed by atoms with Crippen LogP contribution in [0.15, 0.2) is 25.6 Å². The molecule has 3 nitrogen and oxygen atoms in total. The lowest BCUT2D eigenvalue weighted by Crippen LogP contribution is -1.64. The minimum absolute atomic E-state index is 0.834. The van der Waals surface area contributed by atoms with Crippen LogP contribution < -0.4 is 0 Å². The van der Waals surface area contributed by atoms with Crippen molar-refractivity contribution in [3.63, 3.8) is 0 Å². The normalized spacial score (nSPS) is 13.5. The van der Waals surface area contributed by atoms with Crippen molar-refractivity contribution in [1.29, 1.82) is 0 Å². The highest BCUT2D eigenvalue weighted by atomic mass is 31.1. The summed E-state index contributed by atoms with van der Waals surface area (Å²) in [7, 11) is -2.26. The highest BCUT2D eigenvalue weighted by Gasteiger charge is 2.15. The van der Waals surface area contributed by atoms with Crippen molar-refractivity contribution in [3.05, 3.63) is 25.6 Å². The number of hydrogen-bond acceptors (Lipinski definition) is 3. The molecule has 0 fully saturated rings. The van der Waals surface area contributed by atoms with Crippen LogP contribution in [0, 0.1) is 0 Å². The van der Waals surface area contributed by atoms with Gasteiger partial charge in [-0.05, 0) is 0 Å². The summed E-state index contributed by atoms with van der Waals surface area (Å²) in [5.74, 6) is 0. The van der Waals surface area contributed by atoms with Gasteiger partial charge < -0.3 is 0 Å². The lowest BCUT2D eigenvalue weighted by atomic mass is 11.2. The molecule has 0 aromatic carbocycles. The van der Waals surface area contributed by atoms with E-state index in [1.807, 2.05) is 0 Å². The molecular weight excluding hydrogens is 127 g/mol. The van der Waals surface area contributed by atoms with E-state index in [0.717, 1.165) is 25.6 Å². The smallest absolute Gasteiger partial charge is 0.231 e. The van der Waals surface area contributed by atoms with Crippen LogP contribution in [-0.2, 0) is 13.6 Å². The van der Waals surface area contributed by atoms with Crippen LogP contribution in [0.25, 0.3) is 0 Å². The lowest BCUT2D eigenvalue weighted by Gasteiger charge is -1.74. The molecule has 4 heteroatoms. The Morgan fingerprint density at radius 3 is 2.38 bits per heavy atom. The molecule has 44 valence electrons. The summed E-state index contributed by atoms with van der Waals surface area (Å²) in [6, 6.07) is 0. The van der Waals surface area contributed by atoms with Gasteiger partial charge >= 0.3 is 8.25 Å². The molecule has 0 radical (unpaired) electrons. The van der Waals surface area contributed by atoms with Gasteiger partial charge in [0.15, 0.2) is 0 Å². The van der Waals surface area contributed by atoms with Crippen LogP contribution in [0.2, 0.25) is 0 Å². The second-order valence-electron chi connectivity index (χ2n) is 0.707. The molecule has 0 bridgehead atoms. The van der Waals surface area contributed by atoms with E-state index in [2.05, 4.69) is 9.05 Å². The SMILES string of the molecule is [2H]C=CO[P+](=O)OC=C[2H]. The van der Waals surface area contributed by atoms with Crippen LogP contribution in [-0.4, -0.2) is 0 Å². The molecule has 0 aliphatic rings. The molecule has 0 saturated carbocycles. The number of rotatable bonds is 4. The number of hydrogen-bond donors (Lipinski definition) is 0. The van der Waals surface area contributed by atoms with Crippen molar-refractivity contribution in [2.75, 3.05) is 0 Å². The highest BCUT2D eigenvalue weighted by Crippen LogP contribution is 2.22. The zero-order chi connectivity index (χ0) is 7.82. The molecule has 0 aromatic heterocycles. The first-order valence-corrected chi connectivity index (χ1v) is 2.78. The molecule has 8 heavy (non-hydrogen) atoms. The third-order valence-electron chi connectivity index (χ3n) is 0.294. The largest absolute Gasteiger partial charge is 0.804 e. The molecule has 0 unspecified atom stereocenters. The average molecular weight is 135 g/mol. The van der Waals surface area contributed by atoms with Gasteiger partial charge in [0.25, 0.3) is 0 Å². The molecule has 0 N–H and O–H groups in total. The topological polar surface area (TPSA) is 35.5 Å². The Morgan fingerprint density at radius 2 is 2.00 bits per heavy atom. The fraction of sp³-hybridized carbons (Fsp3) is 0. The Bertz CT molecular complexity index is 141. The first kappa shape index (κ1) is 4.10. The van der Waals surface area contributed by atoms with Crippen molar-refractivity contribution in [1.82, 2.24) is 0 Å². The van der Waals surface area contributed by atoms with Gasteiger partial charge in [-0.25, -0.2) is 9.05 Å². The molecule has 0 aliphatic heterocycles. The zero-order valence-electron chi connectivity index (χ0n) is 5.98. The summed E-state index contributed by atoms with van der Waals surface area (Å²) in [4.78, 5) is 0. The van der Waals surface area contributed by atoms with Crippen molar-refractivity contribution in [2.45, 2.75) is 0 Å². The monoisotopic (exact) mass is 135 g/mol. The molecule has 0 aliphatic carbocycles. The zero-order valence-corrected chi connectivity index (χ0v) is 4.88. The van der Waals surface area contributed by atoms with E-state index in [1.165, 1.54) is 0 Å². The van der Waals surface area contributed by atoms with Gasteiger partial charge in [-0.15, -0.1) is 0 Å². The van der Waals surface area contributed by atoms with Gasteiger partial charge in [-0.2, -0.15) is 0 Å². The third kappa shape index (κ3) is 3.37. The van der Waals surface area contributed by atoms with E-state index in [4.69, 9.17) is 2.74 Å². The first-order chi connectivity index (χ1) is 4.81. The summed E-state index contributed by atoms with van der Waals surface area (Å²) >= 11 is 0. The second-order valence-corrected chi connectivity index (χ2v) is 1.58. The highest BCUT2D eigenvalue weighted by molar-refractivity contribution is 7.33. The maximum atomic E-state index is 10.4. The van der Waals surface area contributed by atoms with Crippen molar-refractivity contribution >= 4 is 8.25 Å². The maximum absolute atomic E-state index is 10.4. The maximum Gasteiger partial charge on any atom is 0.804 e. The third-order valence-corrected chi connectivity index (χ3v) is 0.882. The minimum Gasteiger partial charge on any atom is -0.231 e. The van der Waals surface area contributed by atoms with Crippen molar-refractivity contribution in [2.24, 2.45) is 0 Å². The van der Waals surface area contributed by atoms with Crippen molar-refractivity contribution < 1.29 is 16.4 Å². The van der Waals surface area contributed by atoms with Crippen molar-refractivity contribution in [3.8, 4) is 0 Å². The molecule has 0 amide bonds. The fourth-order valence-electron chi connectivity index (χ4n) is 0.124. The Labute approximate surface area is 51.4 Å². The Hall–Kier alpha value is -0.820. The molecule has 0 spiro atoms. The summed E-state index contributed by atoms with van der Waals surface area (Å²) in [6.07, 6.45) is 1.85. The van der Waals surface area contributed by atoms with Gasteiger partial charge in [0, 0.05) is 4.57 Å².